The van der Waals surface area contributed by atoms with E-state index in [0.29, 0.717) is 0 Å². The van der Waals surface area contributed by atoms with Gasteiger partial charge in [-0.15, -0.1) is 0 Å². The Balaban J connectivity index is 3.06. The summed E-state index contributed by atoms with van der Waals surface area (Å²) < 4.78 is 37.5. The number of aromatic carboxylic acids is 1. The number of carbonyl (C=O) groups is 1. The van der Waals surface area contributed by atoms with Crippen LogP contribution < -0.4 is 4.74 Å². The summed E-state index contributed by atoms with van der Waals surface area (Å²) in [5.41, 5.74) is -0.240. The van der Waals surface area contributed by atoms with Gasteiger partial charge in [0, 0.05) is 0 Å². The Hall–Kier alpha value is -1.58. The molecule has 3 nitrogen and oxygen atoms in total. The Morgan fingerprint density at radius 1 is 1.75 bits per heavy atom. The molecular weight excluding hydrogens is 163 g/mol. The first kappa shape index (κ1) is 5.13. The van der Waals surface area contributed by atoms with Crippen LogP contribution in [0.25, 0.3) is 0 Å². The van der Waals surface area contributed by atoms with Crippen molar-refractivity contribution in [3.8, 4) is 5.75 Å². The lowest BCUT2D eigenvalue weighted by Gasteiger charge is -2.01. The van der Waals surface area contributed by atoms with Gasteiger partial charge in [0.05, 0.1) is 16.7 Å². The molecule has 1 N–H and O–H groups in total. The van der Waals surface area contributed by atoms with Crippen LogP contribution in [0.3, 0.4) is 0 Å². The average molecular weight is 173 g/mol. The number of methoxy groups -OCH3 is 1. The fourth-order valence-electron chi connectivity index (χ4n) is 0.715. The Morgan fingerprint density at radius 3 is 3.08 bits per heavy atom. The quantitative estimate of drug-likeness (QED) is 0.737. The highest BCUT2D eigenvalue weighted by Crippen LogP contribution is 2.17. The van der Waals surface area contributed by atoms with E-state index in [1.54, 1.807) is 0 Å². The van der Waals surface area contributed by atoms with Gasteiger partial charge in [0.2, 0.25) is 0 Å². The molecule has 1 rings (SSSR count). The maximum atomic E-state index is 13.0. The minimum atomic E-state index is -2.81. The van der Waals surface area contributed by atoms with Gasteiger partial charge in [0.1, 0.15) is 0 Å². The zero-order valence-corrected chi connectivity index (χ0v) is 5.87. The number of rotatable bonds is 2. The van der Waals surface area contributed by atoms with Crippen LogP contribution in [0.4, 0.5) is 4.39 Å². The molecule has 1 aromatic rings. The first-order chi connectivity index (χ1) is 6.79. The number of hydrogen-bond acceptors (Lipinski definition) is 2. The summed E-state index contributed by atoms with van der Waals surface area (Å²) in [6.45, 7) is 0. The first-order valence-electron chi connectivity index (χ1n) is 4.51. The standard InChI is InChI=1S/C8H7FO3/c1-12-7-4-5(8(10)11)2-3-6(7)9/h2-4H,1H3,(H,10,11)/i1D3. The Morgan fingerprint density at radius 2 is 2.50 bits per heavy atom. The third-order valence-corrected chi connectivity index (χ3v) is 1.29. The number of benzene rings is 1. The summed E-state index contributed by atoms with van der Waals surface area (Å²) in [4.78, 5) is 10.5. The Labute approximate surface area is 72.6 Å². The molecule has 64 valence electrons. The van der Waals surface area contributed by atoms with Crippen molar-refractivity contribution in [2.45, 2.75) is 0 Å². The van der Waals surface area contributed by atoms with Gasteiger partial charge in [-0.1, -0.05) is 0 Å². The first-order valence-corrected chi connectivity index (χ1v) is 3.01. The van der Waals surface area contributed by atoms with Crippen molar-refractivity contribution in [3.05, 3.63) is 29.6 Å². The van der Waals surface area contributed by atoms with Crippen molar-refractivity contribution in [3.63, 3.8) is 0 Å². The van der Waals surface area contributed by atoms with E-state index in [2.05, 4.69) is 4.74 Å². The van der Waals surface area contributed by atoms with Crippen molar-refractivity contribution in [2.75, 3.05) is 7.04 Å². The highest BCUT2D eigenvalue weighted by molar-refractivity contribution is 5.88. The topological polar surface area (TPSA) is 46.5 Å². The van der Waals surface area contributed by atoms with Crippen LogP contribution in [-0.4, -0.2) is 18.1 Å². The molecular formula is C8H7FO3. The highest BCUT2D eigenvalue weighted by atomic mass is 19.1. The zero-order chi connectivity index (χ0) is 11.6. The van der Waals surface area contributed by atoms with Gasteiger partial charge in [-0.3, -0.25) is 0 Å². The second-order valence-corrected chi connectivity index (χ2v) is 2.05. The lowest BCUT2D eigenvalue weighted by Crippen LogP contribution is -1.97. The molecule has 0 radical (unpaired) electrons. The van der Waals surface area contributed by atoms with Gasteiger partial charge in [-0.25, -0.2) is 9.18 Å². The minimum Gasteiger partial charge on any atom is -0.494 e. The van der Waals surface area contributed by atoms with E-state index >= 15 is 0 Å². The minimum absolute atomic E-state index is 0.240. The second-order valence-electron chi connectivity index (χ2n) is 2.05. The maximum absolute atomic E-state index is 13.0. The van der Waals surface area contributed by atoms with Gasteiger partial charge < -0.3 is 9.84 Å². The van der Waals surface area contributed by atoms with E-state index in [4.69, 9.17) is 9.22 Å². The second kappa shape index (κ2) is 3.21. The molecule has 0 atom stereocenters. The Bertz CT molecular complexity index is 389. The van der Waals surface area contributed by atoms with E-state index in [0.717, 1.165) is 18.2 Å². The van der Waals surface area contributed by atoms with Crippen molar-refractivity contribution in [1.29, 1.82) is 0 Å². The van der Waals surface area contributed by atoms with Gasteiger partial charge in [-0.05, 0) is 18.2 Å². The van der Waals surface area contributed by atoms with Crippen molar-refractivity contribution in [1.82, 2.24) is 0 Å². The molecule has 0 spiro atoms. The summed E-state index contributed by atoms with van der Waals surface area (Å²) in [5, 5.41) is 8.58. The lowest BCUT2D eigenvalue weighted by molar-refractivity contribution is 0.0696. The van der Waals surface area contributed by atoms with E-state index in [9.17, 15) is 9.18 Å². The number of carboxylic acids is 1. The van der Waals surface area contributed by atoms with Crippen LogP contribution in [0.2, 0.25) is 0 Å². The molecule has 0 saturated carbocycles. The molecule has 0 unspecified atom stereocenters. The van der Waals surface area contributed by atoms with E-state index in [1.807, 2.05) is 0 Å². The van der Waals surface area contributed by atoms with E-state index in [1.165, 1.54) is 0 Å². The van der Waals surface area contributed by atoms with Crippen molar-refractivity contribution < 1.29 is 23.1 Å². The van der Waals surface area contributed by atoms with Crippen molar-refractivity contribution in [2.24, 2.45) is 0 Å². The van der Waals surface area contributed by atoms with Crippen molar-refractivity contribution >= 4 is 5.97 Å². The molecule has 0 heterocycles. The van der Waals surface area contributed by atoms with Gasteiger partial charge in [0.25, 0.3) is 0 Å². The molecule has 0 aliphatic rings. The summed E-state index contributed by atoms with van der Waals surface area (Å²) in [6, 6.07) is 2.68. The zero-order valence-electron chi connectivity index (χ0n) is 8.87. The molecule has 0 amide bonds. The molecule has 0 bridgehead atoms. The molecule has 0 aliphatic carbocycles. The van der Waals surface area contributed by atoms with E-state index in [-0.39, 0.29) is 5.56 Å². The van der Waals surface area contributed by atoms with Crippen LogP contribution in [0.5, 0.6) is 5.75 Å². The number of ether oxygens (including phenoxy) is 1. The summed E-state index contributed by atoms with van der Waals surface area (Å²) in [6.07, 6.45) is 0. The fraction of sp³-hybridized carbons (Fsp3) is 0.125. The van der Waals surface area contributed by atoms with Crippen LogP contribution in [0.1, 0.15) is 14.5 Å². The summed E-state index contributed by atoms with van der Waals surface area (Å²) in [5.74, 6) is -2.81. The predicted octanol–water partition coefficient (Wildman–Crippen LogP) is 1.53. The van der Waals surface area contributed by atoms with Gasteiger partial charge in [0.15, 0.2) is 11.6 Å². The highest BCUT2D eigenvalue weighted by Gasteiger charge is 2.07. The monoisotopic (exact) mass is 173 g/mol. The van der Waals surface area contributed by atoms with E-state index < -0.39 is 24.6 Å². The number of carboxylic acid groups (broad SMARTS) is 1. The predicted molar refractivity (Wildman–Crippen MR) is 39.9 cm³/mol. The lowest BCUT2D eigenvalue weighted by atomic mass is 10.2. The molecule has 0 saturated heterocycles. The average Bonchev–Trinajstić information content (AvgIpc) is 2.06. The van der Waals surface area contributed by atoms with Gasteiger partial charge in [-0.2, -0.15) is 0 Å². The SMILES string of the molecule is [2H]C([2H])([2H])Oc1cc(C(=O)O)ccc1F. The fourth-order valence-corrected chi connectivity index (χ4v) is 0.715. The normalized spacial score (nSPS) is 14.2. The molecule has 0 aliphatic heterocycles. The molecule has 0 fully saturated rings. The third-order valence-electron chi connectivity index (χ3n) is 1.29. The largest absolute Gasteiger partial charge is 0.494 e. The third kappa shape index (κ3) is 1.53. The molecule has 12 heavy (non-hydrogen) atoms. The maximum Gasteiger partial charge on any atom is 0.335 e. The molecule has 0 aromatic heterocycles. The summed E-state index contributed by atoms with van der Waals surface area (Å²) in [7, 11) is -2.81. The Kier molecular flexibility index (Phi) is 1.37. The smallest absolute Gasteiger partial charge is 0.335 e. The number of hydrogen-bond donors (Lipinski definition) is 1. The number of halogens is 1. The molecule has 4 heteroatoms. The van der Waals surface area contributed by atoms with Gasteiger partial charge >= 0.3 is 5.97 Å². The van der Waals surface area contributed by atoms with Crippen LogP contribution >= 0.6 is 0 Å². The van der Waals surface area contributed by atoms with Crippen LogP contribution in [-0.2, 0) is 0 Å². The van der Waals surface area contributed by atoms with Crippen LogP contribution in [0.15, 0.2) is 18.2 Å². The van der Waals surface area contributed by atoms with Crippen LogP contribution in [0, 0.1) is 5.82 Å². The molecule has 1 aromatic carbocycles. The summed E-state index contributed by atoms with van der Waals surface area (Å²) >= 11 is 0.